The van der Waals surface area contributed by atoms with E-state index in [1.807, 2.05) is 48.5 Å². The van der Waals surface area contributed by atoms with Crippen molar-refractivity contribution in [1.82, 2.24) is 9.88 Å². The van der Waals surface area contributed by atoms with E-state index in [4.69, 9.17) is 4.74 Å². The van der Waals surface area contributed by atoms with Gasteiger partial charge in [-0.1, -0.05) is 36.4 Å². The molecule has 1 aromatic heterocycles. The van der Waals surface area contributed by atoms with E-state index in [-0.39, 0.29) is 36.7 Å². The van der Waals surface area contributed by atoms with Gasteiger partial charge in [0.15, 0.2) is 0 Å². The van der Waals surface area contributed by atoms with Crippen molar-refractivity contribution >= 4 is 12.4 Å². The molecule has 1 fully saturated rings. The van der Waals surface area contributed by atoms with Crippen LogP contribution in [0.2, 0.25) is 0 Å². The standard InChI is InChI=1S/C26H24F6N2O.ClH/c27-25(28,29)20-13-18(14-21(15-20)26(30,31)32)17-35-23-10-6-12-34(16-22-9-4-5-11-33-22)24(23)19-7-2-1-3-8-19;/h1-5,7-9,11,13-15,23-24H,6,10,12,16-17H2;1H. The van der Waals surface area contributed by atoms with Gasteiger partial charge in [0.25, 0.3) is 0 Å². The number of halogens is 7. The Morgan fingerprint density at radius 3 is 2.08 bits per heavy atom. The number of alkyl halides is 6. The van der Waals surface area contributed by atoms with Gasteiger partial charge in [0.05, 0.1) is 35.6 Å². The molecule has 0 saturated carbocycles. The zero-order chi connectivity index (χ0) is 25.1. The minimum Gasteiger partial charge on any atom is -0.372 e. The number of pyridine rings is 1. The molecule has 0 aliphatic carbocycles. The third-order valence-electron chi connectivity index (χ3n) is 6.02. The first-order valence-electron chi connectivity index (χ1n) is 11.2. The van der Waals surface area contributed by atoms with Gasteiger partial charge in [0, 0.05) is 12.7 Å². The van der Waals surface area contributed by atoms with Crippen LogP contribution >= 0.6 is 12.4 Å². The van der Waals surface area contributed by atoms with Crippen LogP contribution in [0.25, 0.3) is 0 Å². The number of rotatable bonds is 6. The normalized spacial score (nSPS) is 19.1. The predicted octanol–water partition coefficient (Wildman–Crippen LogP) is 7.46. The van der Waals surface area contributed by atoms with Crippen molar-refractivity contribution in [1.29, 1.82) is 0 Å². The Labute approximate surface area is 211 Å². The van der Waals surface area contributed by atoms with Gasteiger partial charge in [-0.05, 0) is 60.8 Å². The van der Waals surface area contributed by atoms with Crippen molar-refractivity contribution in [3.63, 3.8) is 0 Å². The van der Waals surface area contributed by atoms with E-state index in [2.05, 4.69) is 9.88 Å². The van der Waals surface area contributed by atoms with Crippen LogP contribution in [0.15, 0.2) is 72.9 Å². The summed E-state index contributed by atoms with van der Waals surface area (Å²) < 4.78 is 85.6. The SMILES string of the molecule is Cl.FC(F)(F)c1cc(COC2CCCN(Cc3ccccn3)C2c2ccccc2)cc(C(F)(F)F)c1. The number of nitrogens with zero attached hydrogens (tertiary/aromatic N) is 2. The molecule has 2 atom stereocenters. The second kappa shape index (κ2) is 11.6. The van der Waals surface area contributed by atoms with E-state index in [1.165, 1.54) is 0 Å². The molecule has 10 heteroatoms. The van der Waals surface area contributed by atoms with E-state index >= 15 is 0 Å². The maximum Gasteiger partial charge on any atom is 0.416 e. The van der Waals surface area contributed by atoms with E-state index in [9.17, 15) is 26.3 Å². The van der Waals surface area contributed by atoms with Crippen molar-refractivity contribution in [2.24, 2.45) is 0 Å². The number of hydrogen-bond donors (Lipinski definition) is 0. The lowest BCUT2D eigenvalue weighted by atomic mass is 9.92. The maximum absolute atomic E-state index is 13.3. The summed E-state index contributed by atoms with van der Waals surface area (Å²) in [5.74, 6) is 0. The van der Waals surface area contributed by atoms with E-state index in [1.54, 1.807) is 6.20 Å². The topological polar surface area (TPSA) is 25.4 Å². The largest absolute Gasteiger partial charge is 0.416 e. The number of benzene rings is 2. The Morgan fingerprint density at radius 1 is 0.861 bits per heavy atom. The Morgan fingerprint density at radius 2 is 1.50 bits per heavy atom. The van der Waals surface area contributed by atoms with E-state index in [0.717, 1.165) is 36.4 Å². The van der Waals surface area contributed by atoms with Gasteiger partial charge in [-0.3, -0.25) is 9.88 Å². The molecule has 2 unspecified atom stereocenters. The summed E-state index contributed by atoms with van der Waals surface area (Å²) in [6.45, 7) is 0.943. The number of hydrogen-bond acceptors (Lipinski definition) is 3. The fraction of sp³-hybridized carbons (Fsp3) is 0.346. The van der Waals surface area contributed by atoms with Crippen molar-refractivity contribution in [2.75, 3.05) is 6.54 Å². The van der Waals surface area contributed by atoms with Crippen molar-refractivity contribution in [3.8, 4) is 0 Å². The molecule has 1 saturated heterocycles. The van der Waals surface area contributed by atoms with E-state index < -0.39 is 29.6 Å². The van der Waals surface area contributed by atoms with Crippen molar-refractivity contribution in [3.05, 3.63) is 101 Å². The van der Waals surface area contributed by atoms with Gasteiger partial charge in [-0.25, -0.2) is 0 Å². The highest BCUT2D eigenvalue weighted by atomic mass is 35.5. The van der Waals surface area contributed by atoms with Crippen molar-refractivity contribution in [2.45, 2.75) is 50.5 Å². The monoisotopic (exact) mass is 530 g/mol. The molecular weight excluding hydrogens is 506 g/mol. The molecule has 1 aliphatic rings. The summed E-state index contributed by atoms with van der Waals surface area (Å²) in [5, 5.41) is 0. The summed E-state index contributed by atoms with van der Waals surface area (Å²) in [6, 6.07) is 16.5. The summed E-state index contributed by atoms with van der Waals surface area (Å²) in [5.41, 5.74) is -1.02. The average Bonchev–Trinajstić information content (AvgIpc) is 2.83. The third kappa shape index (κ3) is 6.99. The number of ether oxygens (including phenoxy) is 1. The summed E-state index contributed by atoms with van der Waals surface area (Å²) in [4.78, 5) is 6.58. The number of piperidine rings is 1. The molecule has 0 N–H and O–H groups in total. The van der Waals surface area contributed by atoms with Gasteiger partial charge < -0.3 is 4.74 Å². The molecule has 4 rings (SSSR count). The molecule has 3 nitrogen and oxygen atoms in total. The average molecular weight is 531 g/mol. The summed E-state index contributed by atoms with van der Waals surface area (Å²) in [6.07, 6.45) is -7.10. The first-order chi connectivity index (χ1) is 16.6. The number of likely N-dealkylation sites (tertiary alicyclic amines) is 1. The highest BCUT2D eigenvalue weighted by molar-refractivity contribution is 5.85. The zero-order valence-electron chi connectivity index (χ0n) is 19.1. The highest BCUT2D eigenvalue weighted by Crippen LogP contribution is 2.38. The zero-order valence-corrected chi connectivity index (χ0v) is 19.9. The minimum atomic E-state index is -4.90. The smallest absolute Gasteiger partial charge is 0.372 e. The molecule has 0 radical (unpaired) electrons. The first-order valence-corrected chi connectivity index (χ1v) is 11.2. The Kier molecular flexibility index (Phi) is 9.03. The van der Waals surface area contributed by atoms with Crippen LogP contribution < -0.4 is 0 Å². The minimum absolute atomic E-state index is 0. The second-order valence-corrected chi connectivity index (χ2v) is 8.55. The molecule has 2 heterocycles. The van der Waals surface area contributed by atoms with Gasteiger partial charge in [-0.15, -0.1) is 12.4 Å². The van der Waals surface area contributed by atoms with Gasteiger partial charge in [0.1, 0.15) is 0 Å². The van der Waals surface area contributed by atoms with Crippen LogP contribution in [0.4, 0.5) is 26.3 Å². The lowest BCUT2D eigenvalue weighted by Gasteiger charge is -2.41. The van der Waals surface area contributed by atoms with Gasteiger partial charge >= 0.3 is 12.4 Å². The molecule has 0 bridgehead atoms. The highest BCUT2D eigenvalue weighted by Gasteiger charge is 2.38. The van der Waals surface area contributed by atoms with Crippen LogP contribution in [0.5, 0.6) is 0 Å². The van der Waals surface area contributed by atoms with Gasteiger partial charge in [-0.2, -0.15) is 26.3 Å². The maximum atomic E-state index is 13.3. The van der Waals surface area contributed by atoms with Crippen LogP contribution in [0.3, 0.4) is 0 Å². The fourth-order valence-electron chi connectivity index (χ4n) is 4.46. The molecule has 1 aliphatic heterocycles. The first kappa shape index (κ1) is 28.0. The van der Waals surface area contributed by atoms with Crippen LogP contribution in [0.1, 0.15) is 46.8 Å². The number of aromatic nitrogens is 1. The predicted molar refractivity (Wildman–Crippen MR) is 125 cm³/mol. The molecule has 3 aromatic rings. The lowest BCUT2D eigenvalue weighted by Crippen LogP contribution is -2.42. The third-order valence-corrected chi connectivity index (χ3v) is 6.02. The Hall–Kier alpha value is -2.62. The van der Waals surface area contributed by atoms with Gasteiger partial charge in [0.2, 0.25) is 0 Å². The van der Waals surface area contributed by atoms with Crippen LogP contribution in [0, 0.1) is 0 Å². The summed E-state index contributed by atoms with van der Waals surface area (Å²) in [7, 11) is 0. The molecule has 2 aromatic carbocycles. The second-order valence-electron chi connectivity index (χ2n) is 8.55. The Bertz CT molecular complexity index is 1080. The molecular formula is C26H25ClF6N2O. The molecule has 36 heavy (non-hydrogen) atoms. The van der Waals surface area contributed by atoms with Crippen molar-refractivity contribution < 1.29 is 31.1 Å². The molecule has 194 valence electrons. The Balaban J connectivity index is 0.00000361. The lowest BCUT2D eigenvalue weighted by molar-refractivity contribution is -0.143. The fourth-order valence-corrected chi connectivity index (χ4v) is 4.46. The van der Waals surface area contributed by atoms with Crippen LogP contribution in [-0.4, -0.2) is 22.5 Å². The van der Waals surface area contributed by atoms with Crippen LogP contribution in [-0.2, 0) is 30.2 Å². The summed E-state index contributed by atoms with van der Waals surface area (Å²) >= 11 is 0. The molecule has 0 spiro atoms. The quantitative estimate of drug-likeness (QED) is 0.309. The van der Waals surface area contributed by atoms with E-state index in [0.29, 0.717) is 13.0 Å². The molecule has 0 amide bonds.